The first kappa shape index (κ1) is 19.4. The van der Waals surface area contributed by atoms with Gasteiger partial charge in [0.25, 0.3) is 0 Å². The number of nitrogens with zero attached hydrogens (tertiary/aromatic N) is 1. The number of benzene rings is 1. The Morgan fingerprint density at radius 2 is 1.95 bits per heavy atom. The van der Waals surface area contributed by atoms with Crippen LogP contribution in [0.3, 0.4) is 0 Å². The third kappa shape index (κ3) is 5.85. The molecule has 0 aromatic heterocycles. The van der Waals surface area contributed by atoms with Gasteiger partial charge in [0.2, 0.25) is 10.0 Å². The van der Waals surface area contributed by atoms with E-state index >= 15 is 0 Å². The lowest BCUT2D eigenvalue weighted by atomic mass is 10.1. The van der Waals surface area contributed by atoms with Crippen LogP contribution in [0.25, 0.3) is 0 Å². The zero-order valence-corrected chi connectivity index (χ0v) is 14.3. The molecule has 2 N–H and O–H groups in total. The first-order chi connectivity index (χ1) is 10.1. The van der Waals surface area contributed by atoms with Crippen molar-refractivity contribution in [2.24, 2.45) is 11.7 Å². The third-order valence-electron chi connectivity index (χ3n) is 3.73. The Labute approximate surface area is 139 Å². The first-order valence-corrected chi connectivity index (χ1v) is 9.02. The Kier molecular flexibility index (Phi) is 8.35. The van der Waals surface area contributed by atoms with Crippen molar-refractivity contribution in [1.82, 2.24) is 4.31 Å². The van der Waals surface area contributed by atoms with Crippen molar-refractivity contribution < 1.29 is 13.2 Å². The fraction of sp³-hybridized carbons (Fsp3) is 0.600. The number of ether oxygens (including phenoxy) is 1. The second-order valence-electron chi connectivity index (χ2n) is 5.43. The van der Waals surface area contributed by atoms with E-state index in [1.54, 1.807) is 0 Å². The summed E-state index contributed by atoms with van der Waals surface area (Å²) in [5.74, 6) is 0.286. The maximum Gasteiger partial charge on any atom is 0.214 e. The minimum atomic E-state index is -3.26. The van der Waals surface area contributed by atoms with Crippen LogP contribution in [0.1, 0.15) is 12.0 Å². The molecule has 0 aliphatic carbocycles. The van der Waals surface area contributed by atoms with Crippen molar-refractivity contribution in [3.63, 3.8) is 0 Å². The van der Waals surface area contributed by atoms with Gasteiger partial charge in [-0.3, -0.25) is 0 Å². The number of hydrogen-bond donors (Lipinski definition) is 1. The summed E-state index contributed by atoms with van der Waals surface area (Å²) in [6.07, 6.45) is 1.54. The summed E-state index contributed by atoms with van der Waals surface area (Å²) >= 11 is 0. The van der Waals surface area contributed by atoms with E-state index in [9.17, 15) is 8.42 Å². The predicted molar refractivity (Wildman–Crippen MR) is 90.7 cm³/mol. The average molecular weight is 349 g/mol. The molecule has 0 saturated carbocycles. The molecule has 1 unspecified atom stereocenters. The van der Waals surface area contributed by atoms with Crippen molar-refractivity contribution in [3.8, 4) is 0 Å². The summed E-state index contributed by atoms with van der Waals surface area (Å²) in [6, 6.07) is 9.91. The molecule has 1 aromatic rings. The molecule has 1 aromatic carbocycles. The predicted octanol–water partition coefficient (Wildman–Crippen LogP) is 1.28. The lowest BCUT2D eigenvalue weighted by molar-refractivity contribution is 0.188. The van der Waals surface area contributed by atoms with Crippen molar-refractivity contribution in [2.45, 2.75) is 12.8 Å². The molecule has 7 heteroatoms. The molecular weight excluding hydrogens is 324 g/mol. The van der Waals surface area contributed by atoms with Gasteiger partial charge in [0.05, 0.1) is 12.4 Å². The zero-order chi connectivity index (χ0) is 15.1. The quantitative estimate of drug-likeness (QED) is 0.768. The summed E-state index contributed by atoms with van der Waals surface area (Å²) in [7, 11) is -3.26. The van der Waals surface area contributed by atoms with Gasteiger partial charge >= 0.3 is 0 Å². The molecule has 2 rings (SSSR count). The van der Waals surface area contributed by atoms with Crippen LogP contribution in [0.15, 0.2) is 30.3 Å². The van der Waals surface area contributed by atoms with Crippen LogP contribution in [0, 0.1) is 5.92 Å². The zero-order valence-electron chi connectivity index (χ0n) is 12.7. The number of hydrogen-bond acceptors (Lipinski definition) is 4. The maximum atomic E-state index is 12.5. The lowest BCUT2D eigenvalue weighted by Crippen LogP contribution is -2.40. The molecule has 1 atom stereocenters. The molecule has 0 radical (unpaired) electrons. The second-order valence-corrected chi connectivity index (χ2v) is 7.45. The fourth-order valence-electron chi connectivity index (χ4n) is 2.55. The Hall–Kier alpha value is -0.660. The van der Waals surface area contributed by atoms with Gasteiger partial charge in [-0.15, -0.1) is 12.4 Å². The van der Waals surface area contributed by atoms with E-state index in [0.29, 0.717) is 39.3 Å². The highest BCUT2D eigenvalue weighted by atomic mass is 35.5. The number of sulfonamides is 1. The summed E-state index contributed by atoms with van der Waals surface area (Å²) in [4.78, 5) is 0. The molecule has 1 heterocycles. The largest absolute Gasteiger partial charge is 0.381 e. The minimum absolute atomic E-state index is 0. The normalized spacial score (nSPS) is 18.4. The molecule has 0 bridgehead atoms. The lowest BCUT2D eigenvalue weighted by Gasteiger charge is -2.23. The molecule has 1 fully saturated rings. The molecule has 0 spiro atoms. The van der Waals surface area contributed by atoms with E-state index in [-0.39, 0.29) is 24.1 Å². The van der Waals surface area contributed by atoms with Gasteiger partial charge < -0.3 is 10.5 Å². The minimum Gasteiger partial charge on any atom is -0.381 e. The van der Waals surface area contributed by atoms with Gasteiger partial charge in [-0.05, 0) is 24.3 Å². The molecule has 1 aliphatic rings. The first-order valence-electron chi connectivity index (χ1n) is 7.41. The molecule has 126 valence electrons. The van der Waals surface area contributed by atoms with E-state index in [0.717, 1.165) is 12.0 Å². The standard InChI is InChI=1S/C15H24N2O3S.ClH/c16-8-10-17(9-6-14-4-2-1-3-5-14)21(18,19)13-15-7-11-20-12-15;/h1-5,15H,6-13,16H2;1H. The summed E-state index contributed by atoms with van der Waals surface area (Å²) in [5, 5.41) is 0. The van der Waals surface area contributed by atoms with Crippen molar-refractivity contribution in [3.05, 3.63) is 35.9 Å². The van der Waals surface area contributed by atoms with Crippen LogP contribution in [0.2, 0.25) is 0 Å². The van der Waals surface area contributed by atoms with Crippen LogP contribution in [-0.4, -0.2) is 51.3 Å². The number of halogens is 1. The van der Waals surface area contributed by atoms with Gasteiger partial charge in [-0.25, -0.2) is 12.7 Å². The fourth-order valence-corrected chi connectivity index (χ4v) is 4.37. The van der Waals surface area contributed by atoms with E-state index in [4.69, 9.17) is 10.5 Å². The average Bonchev–Trinajstić information content (AvgIpc) is 2.96. The molecule has 1 saturated heterocycles. The Bertz CT molecular complexity index is 519. The Morgan fingerprint density at radius 1 is 1.23 bits per heavy atom. The van der Waals surface area contributed by atoms with Crippen molar-refractivity contribution >= 4 is 22.4 Å². The van der Waals surface area contributed by atoms with Gasteiger partial charge in [0, 0.05) is 26.2 Å². The Balaban J connectivity index is 0.00000242. The third-order valence-corrected chi connectivity index (χ3v) is 5.78. The smallest absolute Gasteiger partial charge is 0.214 e. The van der Waals surface area contributed by atoms with Crippen LogP contribution < -0.4 is 5.73 Å². The Morgan fingerprint density at radius 3 is 2.55 bits per heavy atom. The highest BCUT2D eigenvalue weighted by Crippen LogP contribution is 2.17. The molecule has 0 amide bonds. The molecular formula is C15H25ClN2O3S. The van der Waals surface area contributed by atoms with Gasteiger partial charge in [-0.2, -0.15) is 0 Å². The topological polar surface area (TPSA) is 72.6 Å². The SMILES string of the molecule is Cl.NCCN(CCc1ccccc1)S(=O)(=O)CC1CCOC1. The van der Waals surface area contributed by atoms with Gasteiger partial charge in [0.1, 0.15) is 0 Å². The maximum absolute atomic E-state index is 12.5. The number of nitrogens with two attached hydrogens (primary N) is 1. The summed E-state index contributed by atoms with van der Waals surface area (Å²) in [6.45, 7) is 2.42. The van der Waals surface area contributed by atoms with Crippen LogP contribution in [-0.2, 0) is 21.2 Å². The van der Waals surface area contributed by atoms with Gasteiger partial charge in [0.15, 0.2) is 0 Å². The summed E-state index contributed by atoms with van der Waals surface area (Å²) in [5.41, 5.74) is 6.71. The highest BCUT2D eigenvalue weighted by Gasteiger charge is 2.27. The van der Waals surface area contributed by atoms with Crippen LogP contribution in [0.5, 0.6) is 0 Å². The van der Waals surface area contributed by atoms with E-state index in [1.807, 2.05) is 30.3 Å². The summed E-state index contributed by atoms with van der Waals surface area (Å²) < 4.78 is 31.8. The molecule has 1 aliphatic heterocycles. The van der Waals surface area contributed by atoms with Crippen molar-refractivity contribution in [2.75, 3.05) is 38.6 Å². The number of rotatable bonds is 8. The van der Waals surface area contributed by atoms with Gasteiger partial charge in [-0.1, -0.05) is 30.3 Å². The van der Waals surface area contributed by atoms with E-state index < -0.39 is 10.0 Å². The van der Waals surface area contributed by atoms with Crippen LogP contribution in [0.4, 0.5) is 0 Å². The van der Waals surface area contributed by atoms with E-state index in [2.05, 4.69) is 0 Å². The molecule has 5 nitrogen and oxygen atoms in total. The van der Waals surface area contributed by atoms with E-state index in [1.165, 1.54) is 4.31 Å². The monoisotopic (exact) mass is 348 g/mol. The van der Waals surface area contributed by atoms with Crippen molar-refractivity contribution in [1.29, 1.82) is 0 Å². The van der Waals surface area contributed by atoms with Crippen LogP contribution >= 0.6 is 12.4 Å². The second kappa shape index (κ2) is 9.47. The highest BCUT2D eigenvalue weighted by molar-refractivity contribution is 7.89. The molecule has 22 heavy (non-hydrogen) atoms.